The monoisotopic (exact) mass is 259 g/mol. The number of hydrogen-bond donors (Lipinski definition) is 1. The number of fused-ring (bicyclic) bond motifs is 1. The van der Waals surface area contributed by atoms with Crippen LogP contribution in [0.5, 0.6) is 0 Å². The summed E-state index contributed by atoms with van der Waals surface area (Å²) in [6, 6.07) is 6.94. The Kier molecular flexibility index (Phi) is 8.92. The van der Waals surface area contributed by atoms with Gasteiger partial charge in [-0.25, -0.2) is 0 Å². The second-order valence-corrected chi connectivity index (χ2v) is 3.79. The Bertz CT molecular complexity index is 409. The molecular weight excluding hydrogens is 238 g/mol. The van der Waals surface area contributed by atoms with Crippen molar-refractivity contribution in [3.63, 3.8) is 0 Å². The van der Waals surface area contributed by atoms with E-state index in [1.165, 1.54) is 0 Å². The van der Waals surface area contributed by atoms with E-state index in [1.807, 2.05) is 6.08 Å². The number of carbonyl (C=O) groups is 2. The van der Waals surface area contributed by atoms with Crippen LogP contribution in [-0.4, -0.2) is 18.1 Å². The number of Topliss-reactive ketones (excluding diaryl/α,β-unsaturated/α-hetero) is 2. The van der Waals surface area contributed by atoms with Crippen molar-refractivity contribution < 1.29 is 9.59 Å². The SMILES string of the molecule is C=CCC.C=CCN.O=C1CC(=O)c2ccccc21. The third-order valence-corrected chi connectivity index (χ3v) is 2.30. The highest BCUT2D eigenvalue weighted by atomic mass is 16.2. The number of hydrogen-bond acceptors (Lipinski definition) is 3. The smallest absolute Gasteiger partial charge is 0.171 e. The molecule has 0 atom stereocenters. The van der Waals surface area contributed by atoms with Crippen molar-refractivity contribution in [1.82, 2.24) is 0 Å². The van der Waals surface area contributed by atoms with Crippen LogP contribution in [0.3, 0.4) is 0 Å². The summed E-state index contributed by atoms with van der Waals surface area (Å²) in [5, 5.41) is 0. The molecule has 0 fully saturated rings. The molecule has 102 valence electrons. The summed E-state index contributed by atoms with van der Waals surface area (Å²) in [5.74, 6) is -0.101. The number of ketones is 2. The predicted molar refractivity (Wildman–Crippen MR) is 79.5 cm³/mol. The quantitative estimate of drug-likeness (QED) is 0.655. The van der Waals surface area contributed by atoms with Gasteiger partial charge in [0.25, 0.3) is 0 Å². The molecule has 0 aromatic heterocycles. The summed E-state index contributed by atoms with van der Waals surface area (Å²) in [6.07, 6.45) is 4.67. The molecule has 0 aliphatic heterocycles. The maximum absolute atomic E-state index is 11.1. The fraction of sp³-hybridized carbons (Fsp3) is 0.250. The highest BCUT2D eigenvalue weighted by Gasteiger charge is 2.25. The van der Waals surface area contributed by atoms with Gasteiger partial charge in [0.15, 0.2) is 11.6 Å². The Hall–Kier alpha value is -2.00. The summed E-state index contributed by atoms with van der Waals surface area (Å²) in [7, 11) is 0. The Morgan fingerprint density at radius 2 is 1.47 bits per heavy atom. The van der Waals surface area contributed by atoms with Crippen LogP contribution in [0.1, 0.15) is 40.5 Å². The second-order valence-electron chi connectivity index (χ2n) is 3.79. The van der Waals surface area contributed by atoms with Crippen LogP contribution in [0.25, 0.3) is 0 Å². The van der Waals surface area contributed by atoms with Crippen LogP contribution in [0, 0.1) is 0 Å². The van der Waals surface area contributed by atoms with Crippen molar-refractivity contribution in [2.24, 2.45) is 5.73 Å². The van der Waals surface area contributed by atoms with Gasteiger partial charge in [0.05, 0.1) is 6.42 Å². The molecule has 1 aromatic carbocycles. The van der Waals surface area contributed by atoms with Crippen LogP contribution in [-0.2, 0) is 0 Å². The van der Waals surface area contributed by atoms with Gasteiger partial charge in [0, 0.05) is 17.7 Å². The molecule has 0 saturated heterocycles. The summed E-state index contributed by atoms with van der Waals surface area (Å²) in [6.45, 7) is 9.48. The average Bonchev–Trinajstić information content (AvgIpc) is 2.75. The lowest BCUT2D eigenvalue weighted by atomic mass is 10.1. The van der Waals surface area contributed by atoms with Crippen molar-refractivity contribution in [3.8, 4) is 0 Å². The normalized spacial score (nSPS) is 11.5. The molecule has 1 aliphatic carbocycles. The van der Waals surface area contributed by atoms with Gasteiger partial charge < -0.3 is 5.73 Å². The van der Waals surface area contributed by atoms with Gasteiger partial charge in [-0.15, -0.1) is 13.2 Å². The van der Waals surface area contributed by atoms with Gasteiger partial charge in [0.1, 0.15) is 0 Å². The molecule has 0 spiro atoms. The molecule has 1 aromatic rings. The van der Waals surface area contributed by atoms with E-state index in [2.05, 4.69) is 20.1 Å². The van der Waals surface area contributed by atoms with Crippen molar-refractivity contribution in [1.29, 1.82) is 0 Å². The first kappa shape index (κ1) is 17.0. The van der Waals surface area contributed by atoms with Gasteiger partial charge in [-0.05, 0) is 6.42 Å². The molecule has 0 heterocycles. The molecule has 0 radical (unpaired) electrons. The van der Waals surface area contributed by atoms with E-state index < -0.39 is 0 Å². The lowest BCUT2D eigenvalue weighted by molar-refractivity contribution is 0.0923. The summed E-state index contributed by atoms with van der Waals surface area (Å²) < 4.78 is 0. The Balaban J connectivity index is 0.000000342. The highest BCUT2D eigenvalue weighted by Crippen LogP contribution is 2.20. The minimum absolute atomic E-state index is 0.0504. The molecule has 0 unspecified atom stereocenters. The molecule has 2 rings (SSSR count). The fourth-order valence-corrected chi connectivity index (χ4v) is 1.31. The molecular formula is C16H21NO2. The molecule has 0 saturated carbocycles. The van der Waals surface area contributed by atoms with E-state index in [9.17, 15) is 9.59 Å². The molecule has 0 bridgehead atoms. The van der Waals surface area contributed by atoms with Gasteiger partial charge in [-0.2, -0.15) is 0 Å². The minimum Gasteiger partial charge on any atom is -0.327 e. The average molecular weight is 259 g/mol. The maximum atomic E-state index is 11.1. The van der Waals surface area contributed by atoms with E-state index in [0.29, 0.717) is 17.7 Å². The number of allylic oxidation sites excluding steroid dienone is 1. The van der Waals surface area contributed by atoms with Crippen LogP contribution in [0.15, 0.2) is 49.6 Å². The van der Waals surface area contributed by atoms with Crippen molar-refractivity contribution in [2.75, 3.05) is 6.54 Å². The predicted octanol–water partition coefficient (Wildman–Crippen LogP) is 3.17. The number of carbonyl (C=O) groups excluding carboxylic acids is 2. The van der Waals surface area contributed by atoms with E-state index in [4.69, 9.17) is 5.73 Å². The highest BCUT2D eigenvalue weighted by molar-refractivity contribution is 6.24. The molecule has 3 heteroatoms. The van der Waals surface area contributed by atoms with Crippen molar-refractivity contribution in [2.45, 2.75) is 19.8 Å². The molecule has 2 N–H and O–H groups in total. The van der Waals surface area contributed by atoms with E-state index in [1.54, 1.807) is 30.3 Å². The van der Waals surface area contributed by atoms with E-state index in [0.717, 1.165) is 6.42 Å². The van der Waals surface area contributed by atoms with Gasteiger partial charge in [-0.1, -0.05) is 43.3 Å². The first-order chi connectivity index (χ1) is 9.12. The molecule has 0 amide bonds. The molecule has 1 aliphatic rings. The topological polar surface area (TPSA) is 60.2 Å². The first-order valence-electron chi connectivity index (χ1n) is 6.19. The van der Waals surface area contributed by atoms with Gasteiger partial charge >= 0.3 is 0 Å². The summed E-state index contributed by atoms with van der Waals surface area (Å²) in [5.41, 5.74) is 6.07. The van der Waals surface area contributed by atoms with Crippen molar-refractivity contribution >= 4 is 11.6 Å². The standard InChI is InChI=1S/C9H6O2.C4H8.C3H7N/c10-8-5-9(11)7-4-2-1-3-6(7)8;1-3-4-2;1-2-3-4/h1-4H,5H2;3H,1,4H2,2H3;2H,1,3-4H2. The Labute approximate surface area is 114 Å². The number of benzene rings is 1. The lowest BCUT2D eigenvalue weighted by Crippen LogP contribution is -1.90. The Morgan fingerprint density at radius 3 is 1.74 bits per heavy atom. The largest absolute Gasteiger partial charge is 0.327 e. The second kappa shape index (κ2) is 9.97. The van der Waals surface area contributed by atoms with Crippen LogP contribution in [0.4, 0.5) is 0 Å². The summed E-state index contributed by atoms with van der Waals surface area (Å²) in [4.78, 5) is 22.1. The zero-order valence-electron chi connectivity index (χ0n) is 11.4. The van der Waals surface area contributed by atoms with E-state index >= 15 is 0 Å². The third kappa shape index (κ3) is 5.93. The third-order valence-electron chi connectivity index (χ3n) is 2.30. The van der Waals surface area contributed by atoms with Crippen molar-refractivity contribution in [3.05, 3.63) is 60.7 Å². The summed E-state index contributed by atoms with van der Waals surface area (Å²) >= 11 is 0. The van der Waals surface area contributed by atoms with Gasteiger partial charge in [0.2, 0.25) is 0 Å². The lowest BCUT2D eigenvalue weighted by Gasteiger charge is -1.90. The maximum Gasteiger partial charge on any atom is 0.171 e. The van der Waals surface area contributed by atoms with Crippen LogP contribution in [0.2, 0.25) is 0 Å². The fourth-order valence-electron chi connectivity index (χ4n) is 1.31. The van der Waals surface area contributed by atoms with E-state index in [-0.39, 0.29) is 18.0 Å². The molecule has 3 nitrogen and oxygen atoms in total. The van der Waals surface area contributed by atoms with Crippen LogP contribution >= 0.6 is 0 Å². The van der Waals surface area contributed by atoms with Crippen LogP contribution < -0.4 is 5.73 Å². The minimum atomic E-state index is -0.0504. The van der Waals surface area contributed by atoms with Gasteiger partial charge in [-0.3, -0.25) is 9.59 Å². The zero-order chi connectivity index (χ0) is 14.7. The number of rotatable bonds is 2. The first-order valence-corrected chi connectivity index (χ1v) is 6.19. The zero-order valence-corrected chi connectivity index (χ0v) is 11.4. The number of nitrogens with two attached hydrogens (primary N) is 1. The molecule has 19 heavy (non-hydrogen) atoms. The Morgan fingerprint density at radius 1 is 1.11 bits per heavy atom.